The van der Waals surface area contributed by atoms with Gasteiger partial charge in [-0.15, -0.1) is 0 Å². The lowest BCUT2D eigenvalue weighted by atomic mass is 9.81. The van der Waals surface area contributed by atoms with Crippen LogP contribution in [0, 0.1) is 18.3 Å². The van der Waals surface area contributed by atoms with Gasteiger partial charge in [0.05, 0.1) is 7.11 Å². The minimum Gasteiger partial charge on any atom is -0.496 e. The van der Waals surface area contributed by atoms with Gasteiger partial charge in [0.2, 0.25) is 0 Å². The number of benzene rings is 1. The van der Waals surface area contributed by atoms with Crippen LogP contribution >= 0.6 is 0 Å². The van der Waals surface area contributed by atoms with Gasteiger partial charge in [-0.05, 0) is 31.2 Å². The zero-order chi connectivity index (χ0) is 14.6. The van der Waals surface area contributed by atoms with Gasteiger partial charge in [0.25, 0.3) is 0 Å². The van der Waals surface area contributed by atoms with Gasteiger partial charge in [0.15, 0.2) is 0 Å². The van der Waals surface area contributed by atoms with Gasteiger partial charge >= 0.3 is 0 Å². The average Bonchev–Trinajstić information content (AvgIpc) is 2.35. The Bertz CT molecular complexity index is 410. The molecule has 1 atom stereocenters. The van der Waals surface area contributed by atoms with E-state index in [1.165, 1.54) is 11.1 Å². The molecule has 0 saturated carbocycles. The maximum absolute atomic E-state index is 5.46. The van der Waals surface area contributed by atoms with Crippen LogP contribution in [0.5, 0.6) is 5.75 Å². The third-order valence-corrected chi connectivity index (χ3v) is 4.28. The molecule has 1 aromatic carbocycles. The van der Waals surface area contributed by atoms with Crippen molar-refractivity contribution < 1.29 is 4.74 Å². The maximum Gasteiger partial charge on any atom is 0.123 e. The minimum absolute atomic E-state index is 0.297. The first-order valence-electron chi connectivity index (χ1n) is 7.16. The second-order valence-electron chi connectivity index (χ2n) is 6.49. The summed E-state index contributed by atoms with van der Waals surface area (Å²) in [5.74, 6) is 1.62. The van der Waals surface area contributed by atoms with Crippen LogP contribution in [-0.4, -0.2) is 13.7 Å². The first kappa shape index (κ1) is 16.0. The van der Waals surface area contributed by atoms with Gasteiger partial charge in [-0.2, -0.15) is 0 Å². The molecule has 1 rings (SSSR count). The van der Waals surface area contributed by atoms with Crippen molar-refractivity contribution in [2.24, 2.45) is 11.3 Å². The normalized spacial score (nSPS) is 13.7. The fourth-order valence-corrected chi connectivity index (χ4v) is 1.92. The lowest BCUT2D eigenvalue weighted by Gasteiger charge is -2.31. The van der Waals surface area contributed by atoms with Crippen LogP contribution in [0.3, 0.4) is 0 Å². The molecule has 1 unspecified atom stereocenters. The molecular formula is C17H29NO. The molecule has 0 aliphatic carbocycles. The second kappa shape index (κ2) is 6.42. The van der Waals surface area contributed by atoms with Crippen molar-refractivity contribution in [2.45, 2.75) is 47.6 Å². The molecule has 0 aliphatic heterocycles. The van der Waals surface area contributed by atoms with E-state index in [4.69, 9.17) is 4.74 Å². The zero-order valence-corrected chi connectivity index (χ0v) is 13.5. The number of aryl methyl sites for hydroxylation is 1. The quantitative estimate of drug-likeness (QED) is 0.824. The standard InChI is InChI=1S/C17H29NO/c1-12(2)17(5,6)11-18-14(4)15-10-13(3)8-9-16(15)19-7/h8-10,12,14,18H,11H2,1-7H3. The Labute approximate surface area is 118 Å². The first-order valence-corrected chi connectivity index (χ1v) is 7.16. The molecule has 1 N–H and O–H groups in total. The SMILES string of the molecule is COc1ccc(C)cc1C(C)NCC(C)(C)C(C)C. The van der Waals surface area contributed by atoms with E-state index >= 15 is 0 Å². The molecule has 0 radical (unpaired) electrons. The van der Waals surface area contributed by atoms with E-state index < -0.39 is 0 Å². The van der Waals surface area contributed by atoms with Crippen molar-refractivity contribution in [3.8, 4) is 5.75 Å². The summed E-state index contributed by atoms with van der Waals surface area (Å²) in [6, 6.07) is 6.65. The molecule has 0 aliphatic rings. The Morgan fingerprint density at radius 2 is 1.84 bits per heavy atom. The number of hydrogen-bond donors (Lipinski definition) is 1. The highest BCUT2D eigenvalue weighted by Gasteiger charge is 2.23. The van der Waals surface area contributed by atoms with E-state index in [9.17, 15) is 0 Å². The Morgan fingerprint density at radius 3 is 2.37 bits per heavy atom. The van der Waals surface area contributed by atoms with Crippen LogP contribution in [0.1, 0.15) is 51.8 Å². The third-order valence-electron chi connectivity index (χ3n) is 4.28. The summed E-state index contributed by atoms with van der Waals surface area (Å²) in [7, 11) is 1.74. The van der Waals surface area contributed by atoms with Crippen molar-refractivity contribution >= 4 is 0 Å². The van der Waals surface area contributed by atoms with Crippen LogP contribution in [0.4, 0.5) is 0 Å². The van der Waals surface area contributed by atoms with Crippen molar-refractivity contribution in [2.75, 3.05) is 13.7 Å². The van der Waals surface area contributed by atoms with Crippen molar-refractivity contribution in [1.29, 1.82) is 0 Å². The Hall–Kier alpha value is -1.02. The highest BCUT2D eigenvalue weighted by molar-refractivity contribution is 5.38. The molecule has 0 heterocycles. The maximum atomic E-state index is 5.46. The van der Waals surface area contributed by atoms with Gasteiger partial charge in [-0.3, -0.25) is 0 Å². The van der Waals surface area contributed by atoms with Crippen molar-refractivity contribution in [1.82, 2.24) is 5.32 Å². The van der Waals surface area contributed by atoms with Gasteiger partial charge in [-0.25, -0.2) is 0 Å². The lowest BCUT2D eigenvalue weighted by Crippen LogP contribution is -2.35. The van der Waals surface area contributed by atoms with E-state index in [0.717, 1.165) is 12.3 Å². The average molecular weight is 263 g/mol. The van der Waals surface area contributed by atoms with Gasteiger partial charge in [-0.1, -0.05) is 45.4 Å². The molecule has 1 aromatic rings. The minimum atomic E-state index is 0.297. The molecule has 2 heteroatoms. The molecule has 0 aromatic heterocycles. The molecule has 0 spiro atoms. The van der Waals surface area contributed by atoms with Gasteiger partial charge < -0.3 is 10.1 Å². The highest BCUT2D eigenvalue weighted by atomic mass is 16.5. The summed E-state index contributed by atoms with van der Waals surface area (Å²) in [5, 5.41) is 3.64. The van der Waals surface area contributed by atoms with Crippen LogP contribution in [0.2, 0.25) is 0 Å². The molecular weight excluding hydrogens is 234 g/mol. The van der Waals surface area contributed by atoms with Crippen LogP contribution in [0.15, 0.2) is 18.2 Å². The highest BCUT2D eigenvalue weighted by Crippen LogP contribution is 2.29. The van der Waals surface area contributed by atoms with Crippen molar-refractivity contribution in [3.63, 3.8) is 0 Å². The summed E-state index contributed by atoms with van der Waals surface area (Å²) < 4.78 is 5.46. The van der Waals surface area contributed by atoms with E-state index in [0.29, 0.717) is 17.4 Å². The summed E-state index contributed by atoms with van der Waals surface area (Å²) in [4.78, 5) is 0. The predicted octanol–water partition coefficient (Wildman–Crippen LogP) is 4.34. The van der Waals surface area contributed by atoms with Gasteiger partial charge in [0.1, 0.15) is 5.75 Å². The molecule has 0 bridgehead atoms. The monoisotopic (exact) mass is 263 g/mol. The molecule has 108 valence electrons. The molecule has 0 fully saturated rings. The molecule has 19 heavy (non-hydrogen) atoms. The largest absolute Gasteiger partial charge is 0.496 e. The van der Waals surface area contributed by atoms with E-state index in [1.807, 2.05) is 0 Å². The number of ether oxygens (including phenoxy) is 1. The number of methoxy groups -OCH3 is 1. The Balaban J connectivity index is 2.78. The zero-order valence-electron chi connectivity index (χ0n) is 13.5. The lowest BCUT2D eigenvalue weighted by molar-refractivity contribution is 0.230. The fourth-order valence-electron chi connectivity index (χ4n) is 1.92. The van der Waals surface area contributed by atoms with E-state index in [1.54, 1.807) is 7.11 Å². The molecule has 0 saturated heterocycles. The third kappa shape index (κ3) is 4.24. The van der Waals surface area contributed by atoms with Gasteiger partial charge in [0, 0.05) is 18.2 Å². The fraction of sp³-hybridized carbons (Fsp3) is 0.647. The summed E-state index contributed by atoms with van der Waals surface area (Å²) in [6.07, 6.45) is 0. The summed E-state index contributed by atoms with van der Waals surface area (Å²) >= 11 is 0. The summed E-state index contributed by atoms with van der Waals surface area (Å²) in [6.45, 7) is 14.5. The summed E-state index contributed by atoms with van der Waals surface area (Å²) in [5.41, 5.74) is 2.81. The molecule has 2 nitrogen and oxygen atoms in total. The topological polar surface area (TPSA) is 21.3 Å². The molecule has 0 amide bonds. The Morgan fingerprint density at radius 1 is 1.21 bits per heavy atom. The first-order chi connectivity index (χ1) is 8.77. The van der Waals surface area contributed by atoms with E-state index in [2.05, 4.69) is 65.1 Å². The smallest absolute Gasteiger partial charge is 0.123 e. The van der Waals surface area contributed by atoms with E-state index in [-0.39, 0.29) is 0 Å². The predicted molar refractivity (Wildman–Crippen MR) is 82.8 cm³/mol. The van der Waals surface area contributed by atoms with Crippen LogP contribution in [-0.2, 0) is 0 Å². The number of rotatable bonds is 6. The number of hydrogen-bond acceptors (Lipinski definition) is 2. The van der Waals surface area contributed by atoms with Crippen molar-refractivity contribution in [3.05, 3.63) is 29.3 Å². The van der Waals surface area contributed by atoms with Crippen LogP contribution < -0.4 is 10.1 Å². The Kier molecular flexibility index (Phi) is 5.42. The second-order valence-corrected chi connectivity index (χ2v) is 6.49. The number of nitrogens with one attached hydrogen (secondary N) is 1. The van der Waals surface area contributed by atoms with Crippen LogP contribution in [0.25, 0.3) is 0 Å².